The second kappa shape index (κ2) is 13.3. The predicted molar refractivity (Wildman–Crippen MR) is 159 cm³/mol. The number of aromatic nitrogens is 4. The van der Waals surface area contributed by atoms with Crippen LogP contribution in [0.3, 0.4) is 0 Å². The largest absolute Gasteiger partial charge is 0.490 e. The zero-order valence-corrected chi connectivity index (χ0v) is 25.8. The van der Waals surface area contributed by atoms with E-state index < -0.39 is 35.3 Å². The maximum atomic E-state index is 14.8. The molecule has 2 atom stereocenters. The van der Waals surface area contributed by atoms with E-state index in [1.165, 1.54) is 6.07 Å². The van der Waals surface area contributed by atoms with E-state index in [4.69, 9.17) is 14.0 Å². The van der Waals surface area contributed by atoms with E-state index in [-0.39, 0.29) is 18.7 Å². The van der Waals surface area contributed by atoms with Crippen molar-refractivity contribution < 1.29 is 27.6 Å². The molecule has 3 aromatic rings. The Balaban J connectivity index is 1.16. The molecule has 1 N–H and O–H groups in total. The number of alkyl carbamates (subject to hydrolysis) is 1. The van der Waals surface area contributed by atoms with Crippen molar-refractivity contribution in [3.8, 4) is 5.75 Å². The molecule has 0 radical (unpaired) electrons. The van der Waals surface area contributed by atoms with Gasteiger partial charge in [-0.3, -0.25) is 0 Å². The van der Waals surface area contributed by atoms with E-state index in [1.807, 2.05) is 23.9 Å². The van der Waals surface area contributed by atoms with Crippen molar-refractivity contribution in [1.82, 2.24) is 30.3 Å². The average molecular weight is 615 g/mol. The van der Waals surface area contributed by atoms with Crippen LogP contribution in [0.15, 0.2) is 35.1 Å². The van der Waals surface area contributed by atoms with Gasteiger partial charge in [0.15, 0.2) is 5.75 Å². The number of ether oxygens (including phenoxy) is 2. The molecule has 0 bridgehead atoms. The van der Waals surface area contributed by atoms with Crippen LogP contribution in [0.4, 0.5) is 25.5 Å². The van der Waals surface area contributed by atoms with E-state index in [0.717, 1.165) is 38.1 Å². The predicted octanol–water partition coefficient (Wildman–Crippen LogP) is 3.99. The van der Waals surface area contributed by atoms with E-state index >= 15 is 0 Å². The smallest absolute Gasteiger partial charge is 0.407 e. The van der Waals surface area contributed by atoms with Crippen molar-refractivity contribution in [2.45, 2.75) is 57.7 Å². The number of carbonyl (C=O) groups is 1. The fourth-order valence-electron chi connectivity index (χ4n) is 5.46. The molecular formula is C30H40F2N8O4. The Bertz CT molecular complexity index is 1410. The second-order valence-corrected chi connectivity index (χ2v) is 12.6. The van der Waals surface area contributed by atoms with E-state index in [2.05, 4.69) is 30.3 Å². The topological polar surface area (TPSA) is 122 Å². The van der Waals surface area contributed by atoms with Crippen molar-refractivity contribution >= 4 is 18.0 Å². The Morgan fingerprint density at radius 1 is 1.09 bits per heavy atom. The number of nitrogens with zero attached hydrogens (tertiary/aromatic N) is 7. The zero-order valence-electron chi connectivity index (χ0n) is 25.8. The van der Waals surface area contributed by atoms with Crippen LogP contribution in [0.25, 0.3) is 0 Å². The standard InChI is InChI=1S/C30H40F2N8O4/c1-30(2,3)43-29(41)35-25-16-40(15-23(25)22-12-20(31)6-7-24(22)32)27-33-13-21(14-34-27)42-18-19-8-10-39(11-9-19)28-36-26(44-37-28)17-38(4)5/h6-7,12-14,19,23,25H,8-11,15-18H2,1-5H3,(H,35,41)/t23-,25+/m1/s1. The molecule has 44 heavy (non-hydrogen) atoms. The van der Waals surface area contributed by atoms with Gasteiger partial charge in [-0.1, -0.05) is 0 Å². The van der Waals surface area contributed by atoms with Crippen LogP contribution in [0.5, 0.6) is 5.75 Å². The van der Waals surface area contributed by atoms with Crippen molar-refractivity contribution in [3.63, 3.8) is 0 Å². The van der Waals surface area contributed by atoms with Crippen molar-refractivity contribution in [3.05, 3.63) is 53.7 Å². The summed E-state index contributed by atoms with van der Waals surface area (Å²) < 4.78 is 45.6. The highest BCUT2D eigenvalue weighted by Gasteiger charge is 2.38. The van der Waals surface area contributed by atoms with Crippen molar-refractivity contribution in [2.75, 3.05) is 56.7 Å². The van der Waals surface area contributed by atoms with Crippen LogP contribution in [0.1, 0.15) is 51.0 Å². The minimum absolute atomic E-state index is 0.174. The van der Waals surface area contributed by atoms with Gasteiger partial charge in [-0.15, -0.1) is 0 Å². The van der Waals surface area contributed by atoms with Gasteiger partial charge >= 0.3 is 6.09 Å². The summed E-state index contributed by atoms with van der Waals surface area (Å²) in [7, 11) is 3.91. The second-order valence-electron chi connectivity index (χ2n) is 12.6. The van der Waals surface area contributed by atoms with Gasteiger partial charge in [0.1, 0.15) is 17.2 Å². The van der Waals surface area contributed by atoms with E-state index in [1.54, 1.807) is 33.2 Å². The number of nitrogens with one attached hydrogen (secondary N) is 1. The lowest BCUT2D eigenvalue weighted by molar-refractivity contribution is 0.0504. The molecule has 2 fully saturated rings. The number of anilines is 2. The highest BCUT2D eigenvalue weighted by molar-refractivity contribution is 5.68. The Labute approximate surface area is 255 Å². The first-order valence-corrected chi connectivity index (χ1v) is 14.8. The third-order valence-electron chi connectivity index (χ3n) is 7.57. The Kier molecular flexibility index (Phi) is 9.47. The fraction of sp³-hybridized carbons (Fsp3) is 0.567. The van der Waals surface area contributed by atoms with Gasteiger partial charge in [-0.2, -0.15) is 4.98 Å². The summed E-state index contributed by atoms with van der Waals surface area (Å²) in [5.41, 5.74) is -0.532. The zero-order chi connectivity index (χ0) is 31.4. The maximum Gasteiger partial charge on any atom is 0.407 e. The molecule has 0 unspecified atom stereocenters. The summed E-state index contributed by atoms with van der Waals surface area (Å²) >= 11 is 0. The lowest BCUT2D eigenvalue weighted by Gasteiger charge is -2.30. The summed E-state index contributed by atoms with van der Waals surface area (Å²) in [6.45, 7) is 8.59. The van der Waals surface area contributed by atoms with Gasteiger partial charge in [0.05, 0.1) is 31.6 Å². The van der Waals surface area contributed by atoms with Crippen LogP contribution in [-0.2, 0) is 11.3 Å². The van der Waals surface area contributed by atoms with Gasteiger partial charge in [-0.25, -0.2) is 23.5 Å². The lowest BCUT2D eigenvalue weighted by Crippen LogP contribution is -2.43. The number of halogens is 2. The molecule has 0 spiro atoms. The first-order valence-electron chi connectivity index (χ1n) is 14.8. The average Bonchev–Trinajstić information content (AvgIpc) is 3.60. The molecule has 2 aliphatic heterocycles. The molecule has 2 aliphatic rings. The Hall–Kier alpha value is -4.07. The normalized spacial score (nSPS) is 19.5. The number of piperidine rings is 1. The van der Waals surface area contributed by atoms with E-state index in [0.29, 0.717) is 42.6 Å². The van der Waals surface area contributed by atoms with Crippen molar-refractivity contribution in [1.29, 1.82) is 0 Å². The third kappa shape index (κ3) is 8.10. The molecule has 2 saturated heterocycles. The van der Waals surface area contributed by atoms with E-state index in [9.17, 15) is 13.6 Å². The number of hydrogen-bond acceptors (Lipinski definition) is 11. The molecule has 4 heterocycles. The molecule has 14 heteroatoms. The summed E-state index contributed by atoms with van der Waals surface area (Å²) in [4.78, 5) is 32.0. The molecule has 0 saturated carbocycles. The number of carbonyl (C=O) groups excluding carboxylic acids is 1. The minimum Gasteiger partial charge on any atom is -0.490 e. The van der Waals surface area contributed by atoms with Crippen LogP contribution < -0.4 is 19.9 Å². The minimum atomic E-state index is -0.706. The number of benzene rings is 1. The van der Waals surface area contributed by atoms with Gasteiger partial charge in [0, 0.05) is 32.1 Å². The molecule has 1 aromatic carbocycles. The summed E-state index contributed by atoms with van der Waals surface area (Å²) in [6.07, 6.45) is 4.43. The number of hydrogen-bond donors (Lipinski definition) is 1. The molecule has 0 aliphatic carbocycles. The first-order chi connectivity index (χ1) is 20.9. The van der Waals surface area contributed by atoms with Gasteiger partial charge < -0.3 is 34.0 Å². The molecular weight excluding hydrogens is 574 g/mol. The van der Waals surface area contributed by atoms with Gasteiger partial charge in [-0.05, 0) is 82.5 Å². The van der Waals surface area contributed by atoms with Crippen LogP contribution in [-0.4, -0.2) is 89.6 Å². The molecule has 5 rings (SSSR count). The fourth-order valence-corrected chi connectivity index (χ4v) is 5.46. The Morgan fingerprint density at radius 3 is 2.50 bits per heavy atom. The Morgan fingerprint density at radius 2 is 1.82 bits per heavy atom. The number of amides is 1. The third-order valence-corrected chi connectivity index (χ3v) is 7.57. The quantitative estimate of drug-likeness (QED) is 0.377. The molecule has 2 aromatic heterocycles. The first kappa shape index (κ1) is 31.4. The van der Waals surface area contributed by atoms with Crippen LogP contribution >= 0.6 is 0 Å². The molecule has 1 amide bonds. The van der Waals surface area contributed by atoms with Crippen molar-refractivity contribution in [2.24, 2.45) is 5.92 Å². The lowest BCUT2D eigenvalue weighted by atomic mass is 9.94. The van der Waals surface area contributed by atoms with Gasteiger partial charge in [0.2, 0.25) is 11.8 Å². The van der Waals surface area contributed by atoms with Crippen LogP contribution in [0.2, 0.25) is 0 Å². The van der Waals surface area contributed by atoms with Gasteiger partial charge in [0.25, 0.3) is 5.95 Å². The maximum absolute atomic E-state index is 14.8. The molecule has 238 valence electrons. The summed E-state index contributed by atoms with van der Waals surface area (Å²) in [5, 5.41) is 6.94. The summed E-state index contributed by atoms with van der Waals surface area (Å²) in [5.74, 6) is 0.874. The van der Waals surface area contributed by atoms with Crippen LogP contribution in [0, 0.1) is 17.6 Å². The monoisotopic (exact) mass is 614 g/mol. The summed E-state index contributed by atoms with van der Waals surface area (Å²) in [6, 6.07) is 2.78. The molecule has 12 nitrogen and oxygen atoms in total. The number of rotatable bonds is 9. The highest BCUT2D eigenvalue weighted by Crippen LogP contribution is 2.32. The SMILES string of the molecule is CN(C)Cc1nc(N2CCC(COc3cnc(N4C[C@H](NC(=O)OC(C)(C)C)[C@@H](c5cc(F)ccc5F)C4)nc3)CC2)no1. The highest BCUT2D eigenvalue weighted by atomic mass is 19.1.